The van der Waals surface area contributed by atoms with Crippen LogP contribution in [0.4, 0.5) is 0 Å². The van der Waals surface area contributed by atoms with Crippen LogP contribution in [0.1, 0.15) is 54.7 Å². The van der Waals surface area contributed by atoms with E-state index in [1.165, 1.54) is 76.4 Å². The molecule has 0 saturated heterocycles. The van der Waals surface area contributed by atoms with Crippen LogP contribution < -0.4 is 4.57 Å². The van der Waals surface area contributed by atoms with Gasteiger partial charge in [-0.3, -0.25) is 0 Å². The fourth-order valence-corrected chi connectivity index (χ4v) is 6.67. The molecule has 1 unspecified atom stereocenters. The van der Waals surface area contributed by atoms with Crippen molar-refractivity contribution in [3.8, 4) is 22.4 Å². The molecule has 3 fully saturated rings. The van der Waals surface area contributed by atoms with Crippen LogP contribution in [-0.4, -0.2) is 0 Å². The summed E-state index contributed by atoms with van der Waals surface area (Å²) >= 11 is 0. The van der Waals surface area contributed by atoms with E-state index in [2.05, 4.69) is 98.4 Å². The van der Waals surface area contributed by atoms with Crippen LogP contribution in [0.5, 0.6) is 0 Å². The Balaban J connectivity index is 1.38. The zero-order valence-corrected chi connectivity index (χ0v) is 20.1. The maximum Gasteiger partial charge on any atom is 0.213 e. The minimum atomic E-state index is 0.787. The van der Waals surface area contributed by atoms with Crippen molar-refractivity contribution in [2.24, 2.45) is 18.9 Å². The number of hydrogen-bond donors (Lipinski definition) is 0. The predicted molar refractivity (Wildman–Crippen MR) is 138 cm³/mol. The number of aryl methyl sites for hydroxylation is 3. The van der Waals surface area contributed by atoms with Gasteiger partial charge >= 0.3 is 0 Å². The quantitative estimate of drug-likeness (QED) is 0.290. The first-order valence-electron chi connectivity index (χ1n) is 12.7. The van der Waals surface area contributed by atoms with Crippen molar-refractivity contribution in [2.45, 2.75) is 51.9 Å². The molecule has 3 aliphatic rings. The van der Waals surface area contributed by atoms with Gasteiger partial charge in [0.25, 0.3) is 0 Å². The molecular weight excluding hydrogens is 398 g/mol. The number of benzene rings is 3. The molecule has 166 valence electrons. The van der Waals surface area contributed by atoms with Gasteiger partial charge in [0.15, 0.2) is 6.20 Å². The topological polar surface area (TPSA) is 3.88 Å². The van der Waals surface area contributed by atoms with Crippen molar-refractivity contribution in [2.75, 3.05) is 0 Å². The van der Waals surface area contributed by atoms with Gasteiger partial charge in [0.2, 0.25) is 5.69 Å². The first kappa shape index (κ1) is 20.7. The maximum absolute atomic E-state index is 2.49. The SMILES string of the molecule is Cc1c[n+](C)c(-c2ccccc2C)cc1-c1ccc2cc(C3CC4CCC3CC4)ccc2c1. The molecule has 3 saturated carbocycles. The van der Waals surface area contributed by atoms with Crippen molar-refractivity contribution >= 4 is 10.8 Å². The molecular formula is C32H34N+. The molecule has 4 aromatic rings. The van der Waals surface area contributed by atoms with Crippen LogP contribution in [0, 0.1) is 25.7 Å². The molecule has 2 bridgehead atoms. The number of hydrogen-bond acceptors (Lipinski definition) is 0. The smallest absolute Gasteiger partial charge is 0.201 e. The summed E-state index contributed by atoms with van der Waals surface area (Å²) in [6.45, 7) is 4.42. The van der Waals surface area contributed by atoms with Gasteiger partial charge in [0, 0.05) is 17.2 Å². The molecule has 0 spiro atoms. The summed E-state index contributed by atoms with van der Waals surface area (Å²) in [7, 11) is 2.15. The third-order valence-electron chi connectivity index (χ3n) is 8.55. The second-order valence-corrected chi connectivity index (χ2v) is 10.6. The minimum absolute atomic E-state index is 0.787. The second-order valence-electron chi connectivity index (χ2n) is 10.6. The Morgan fingerprint density at radius 1 is 0.727 bits per heavy atom. The van der Waals surface area contributed by atoms with Crippen LogP contribution >= 0.6 is 0 Å². The molecule has 1 heteroatoms. The van der Waals surface area contributed by atoms with Crippen LogP contribution in [-0.2, 0) is 7.05 Å². The Hall–Kier alpha value is -2.93. The van der Waals surface area contributed by atoms with E-state index in [4.69, 9.17) is 0 Å². The van der Waals surface area contributed by atoms with Gasteiger partial charge in [-0.1, -0.05) is 61.4 Å². The van der Waals surface area contributed by atoms with Gasteiger partial charge in [-0.05, 0) is 96.0 Å². The Labute approximate surface area is 198 Å². The summed E-state index contributed by atoms with van der Waals surface area (Å²) in [5.74, 6) is 2.68. The average Bonchev–Trinajstić information content (AvgIpc) is 2.85. The van der Waals surface area contributed by atoms with E-state index in [0.29, 0.717) is 0 Å². The molecule has 3 aromatic carbocycles. The highest BCUT2D eigenvalue weighted by Gasteiger charge is 2.36. The Bertz CT molecular complexity index is 1340. The van der Waals surface area contributed by atoms with Gasteiger partial charge in [-0.15, -0.1) is 0 Å². The summed E-state index contributed by atoms with van der Waals surface area (Å²) in [6, 6.07) is 25.4. The van der Waals surface area contributed by atoms with E-state index in [1.807, 2.05) is 0 Å². The van der Waals surface area contributed by atoms with Crippen molar-refractivity contribution in [3.63, 3.8) is 0 Å². The van der Waals surface area contributed by atoms with E-state index >= 15 is 0 Å². The molecule has 1 nitrogen and oxygen atoms in total. The zero-order chi connectivity index (χ0) is 22.5. The lowest BCUT2D eigenvalue weighted by Crippen LogP contribution is -2.31. The van der Waals surface area contributed by atoms with Crippen molar-refractivity contribution in [1.82, 2.24) is 0 Å². The summed E-state index contributed by atoms with van der Waals surface area (Å²) < 4.78 is 2.26. The Morgan fingerprint density at radius 3 is 2.24 bits per heavy atom. The molecule has 1 heterocycles. The normalized spacial score (nSPS) is 22.1. The van der Waals surface area contributed by atoms with Gasteiger partial charge < -0.3 is 0 Å². The third-order valence-corrected chi connectivity index (χ3v) is 8.55. The summed E-state index contributed by atoms with van der Waals surface area (Å²) in [5, 5.41) is 2.73. The lowest BCUT2D eigenvalue weighted by atomic mass is 9.63. The number of pyridine rings is 1. The number of nitrogens with zero attached hydrogens (tertiary/aromatic N) is 1. The molecule has 0 radical (unpaired) electrons. The fourth-order valence-electron chi connectivity index (χ4n) is 6.67. The monoisotopic (exact) mass is 432 g/mol. The molecule has 7 rings (SSSR count). The summed E-state index contributed by atoms with van der Waals surface area (Å²) in [6.07, 6.45) is 9.51. The number of aromatic nitrogens is 1. The van der Waals surface area contributed by atoms with E-state index in [1.54, 1.807) is 5.56 Å². The number of fused-ring (bicyclic) bond motifs is 4. The fraction of sp³-hybridized carbons (Fsp3) is 0.344. The molecule has 33 heavy (non-hydrogen) atoms. The highest BCUT2D eigenvalue weighted by Crippen LogP contribution is 2.49. The second kappa shape index (κ2) is 8.13. The van der Waals surface area contributed by atoms with E-state index in [-0.39, 0.29) is 0 Å². The highest BCUT2D eigenvalue weighted by atomic mass is 14.9. The molecule has 1 atom stereocenters. The standard InChI is InChI=1S/C32H34N/c1-21-6-4-5-7-29(21)32-19-30(22(2)20-33(32)3)27-14-12-26-18-28(15-13-25(26)17-27)31-16-23-8-10-24(31)11-9-23/h4-7,12-15,17-20,23-24,31H,8-11,16H2,1-3H3/q+1. The molecule has 0 aliphatic heterocycles. The van der Waals surface area contributed by atoms with Crippen LogP contribution in [0.15, 0.2) is 72.9 Å². The van der Waals surface area contributed by atoms with E-state index in [0.717, 1.165) is 17.8 Å². The highest BCUT2D eigenvalue weighted by molar-refractivity contribution is 5.88. The zero-order valence-electron chi connectivity index (χ0n) is 20.1. The van der Waals surface area contributed by atoms with Gasteiger partial charge in [0.05, 0.1) is 0 Å². The molecule has 0 amide bonds. The van der Waals surface area contributed by atoms with Crippen molar-refractivity contribution in [1.29, 1.82) is 0 Å². The molecule has 0 N–H and O–H groups in total. The van der Waals surface area contributed by atoms with Crippen molar-refractivity contribution in [3.05, 3.63) is 89.6 Å². The maximum atomic E-state index is 2.49. The molecule has 3 aliphatic carbocycles. The Kier molecular flexibility index (Phi) is 5.09. The first-order chi connectivity index (χ1) is 16.1. The van der Waals surface area contributed by atoms with Crippen LogP contribution in [0.3, 0.4) is 0 Å². The van der Waals surface area contributed by atoms with Gasteiger partial charge in [0.1, 0.15) is 7.05 Å². The first-order valence-corrected chi connectivity index (χ1v) is 12.7. The summed E-state index contributed by atoms with van der Waals surface area (Å²) in [4.78, 5) is 0. The largest absolute Gasteiger partial charge is 0.213 e. The Morgan fingerprint density at radius 2 is 1.48 bits per heavy atom. The van der Waals surface area contributed by atoms with Gasteiger partial charge in [-0.2, -0.15) is 0 Å². The number of rotatable bonds is 3. The third kappa shape index (κ3) is 3.68. The lowest BCUT2D eigenvalue weighted by molar-refractivity contribution is -0.660. The van der Waals surface area contributed by atoms with Crippen molar-refractivity contribution < 1.29 is 4.57 Å². The predicted octanol–water partition coefficient (Wildman–Crippen LogP) is 7.91. The summed E-state index contributed by atoms with van der Waals surface area (Å²) in [5.41, 5.74) is 9.38. The molecule has 1 aromatic heterocycles. The van der Waals surface area contributed by atoms with E-state index in [9.17, 15) is 0 Å². The van der Waals surface area contributed by atoms with Crippen LogP contribution in [0.2, 0.25) is 0 Å². The van der Waals surface area contributed by atoms with E-state index < -0.39 is 0 Å². The van der Waals surface area contributed by atoms with Gasteiger partial charge in [-0.25, -0.2) is 4.57 Å². The average molecular weight is 433 g/mol. The minimum Gasteiger partial charge on any atom is -0.201 e. The van der Waals surface area contributed by atoms with Crippen LogP contribution in [0.25, 0.3) is 33.2 Å². The lowest BCUT2D eigenvalue weighted by Gasteiger charge is -2.42.